The van der Waals surface area contributed by atoms with Crippen LogP contribution in [0.4, 0.5) is 0 Å². The monoisotopic (exact) mass is 382 g/mol. The fourth-order valence-electron chi connectivity index (χ4n) is 0. The Morgan fingerprint density at radius 1 is 1.33 bits per heavy atom. The van der Waals surface area contributed by atoms with E-state index >= 15 is 0 Å². The second-order valence-electron chi connectivity index (χ2n) is 0.642. The van der Waals surface area contributed by atoms with Gasteiger partial charge < -0.3 is 0 Å². The molecule has 6 heavy (non-hydrogen) atoms. The van der Waals surface area contributed by atoms with Crippen LogP contribution in [-0.4, -0.2) is 11.7 Å². The van der Waals surface area contributed by atoms with Crippen molar-refractivity contribution < 1.29 is 0 Å². The van der Waals surface area contributed by atoms with Gasteiger partial charge in [-0.25, -0.2) is 0 Å². The number of hydrogen-bond acceptors (Lipinski definition) is 0. The number of rotatable bonds is 0. The molecule has 0 atom stereocenters. The summed E-state index contributed by atoms with van der Waals surface area (Å²) in [6, 6.07) is 0. The Labute approximate surface area is 59.2 Å². The average Bonchev–Trinajstić information content (AvgIpc) is 1.35. The van der Waals surface area contributed by atoms with Gasteiger partial charge in [0.05, 0.1) is 0 Å². The summed E-state index contributed by atoms with van der Waals surface area (Å²) in [4.78, 5) is 0. The minimum absolute atomic E-state index is 2.27. The number of terminal acetylenes is 1. The van der Waals surface area contributed by atoms with Gasteiger partial charge in [0.25, 0.3) is 0 Å². The molecule has 0 aliphatic rings. The predicted octanol–water partition coefficient (Wildman–Crippen LogP) is 2.28. The molecule has 0 saturated heterocycles. The molecule has 0 bridgehead atoms. The molecule has 0 aromatic rings. The van der Waals surface area contributed by atoms with E-state index in [-0.39, 0.29) is 0 Å². The van der Waals surface area contributed by atoms with E-state index in [2.05, 4.69) is 42.0 Å². The molecule has 0 radical (unpaired) electrons. The second kappa shape index (κ2) is 2.95. The van der Waals surface area contributed by atoms with Crippen molar-refractivity contribution in [3.8, 4) is 10.4 Å². The van der Waals surface area contributed by atoms with Gasteiger partial charge >= 0.3 is 60.2 Å². The molecule has 0 nitrogen and oxygen atoms in total. The van der Waals surface area contributed by atoms with Gasteiger partial charge in [-0.1, -0.05) is 0 Å². The van der Waals surface area contributed by atoms with Crippen LogP contribution in [0.15, 0.2) is 0 Å². The molecule has 0 aliphatic carbocycles. The third-order valence-corrected chi connectivity index (χ3v) is 5.70. The normalized spacial score (nSPS) is 10.3. The van der Waals surface area contributed by atoms with Crippen LogP contribution < -0.4 is 0 Å². The first-order chi connectivity index (χ1) is 2.56. The molecule has 0 saturated carbocycles. The van der Waals surface area contributed by atoms with Crippen molar-refractivity contribution in [2.45, 2.75) is 0 Å². The summed E-state index contributed by atoms with van der Waals surface area (Å²) < 4.78 is 2.56. The van der Waals surface area contributed by atoms with Crippen molar-refractivity contribution in [3.05, 3.63) is 0 Å². The molecule has 0 aromatic heterocycles. The van der Waals surface area contributed by atoms with Gasteiger partial charge in [0.2, 0.25) is 0 Å². The topological polar surface area (TPSA) is 0 Å². The Morgan fingerprint density at radius 2 is 1.50 bits per heavy atom. The first kappa shape index (κ1) is 7.80. The van der Waals surface area contributed by atoms with Crippen molar-refractivity contribution in [2.24, 2.45) is 0 Å². The quantitative estimate of drug-likeness (QED) is 0.445. The average molecular weight is 383 g/mol. The Hall–Kier alpha value is 1.80. The molecule has 0 unspecified atom stereocenters. The third-order valence-electron chi connectivity index (χ3n) is 0.164. The molecule has 0 amide bonds. The first-order valence-corrected chi connectivity index (χ1v) is 21.7. The molecular weight excluding hydrogens is 382 g/mol. The summed E-state index contributed by atoms with van der Waals surface area (Å²) in [5, 5.41) is 0. The molecule has 0 heterocycles. The summed E-state index contributed by atoms with van der Waals surface area (Å²) in [5.41, 5.74) is 0. The fourth-order valence-corrected chi connectivity index (χ4v) is 0. The van der Waals surface area contributed by atoms with Crippen LogP contribution in [0.2, 0.25) is 0 Å². The molecule has 0 N–H and O–H groups in total. The first-order valence-electron chi connectivity index (χ1n) is 1.11. The fraction of sp³-hybridized carbons (Fsp3) is 0. The van der Waals surface area contributed by atoms with E-state index in [4.69, 9.17) is 6.42 Å². The van der Waals surface area contributed by atoms with Gasteiger partial charge in [-0.05, 0) is 0 Å². The Balaban J connectivity index is 3.55. The minimum atomic E-state index is -2.27. The van der Waals surface area contributed by atoms with Gasteiger partial charge in [-0.2, -0.15) is 0 Å². The van der Waals surface area contributed by atoms with E-state index in [1.165, 1.54) is 0 Å². The molecule has 4 heteroatoms. The molecule has 34 valence electrons. The van der Waals surface area contributed by atoms with Gasteiger partial charge in [0, 0.05) is 0 Å². The SMILES string of the molecule is C#[C][Sn]([Br])([Br])[Br]. The second-order valence-corrected chi connectivity index (χ2v) is 49.7. The summed E-state index contributed by atoms with van der Waals surface area (Å²) in [6.45, 7) is 0. The summed E-state index contributed by atoms with van der Waals surface area (Å²) >= 11 is 7.59. The zero-order valence-corrected chi connectivity index (χ0v) is 10.3. The maximum absolute atomic E-state index is 5.01. The van der Waals surface area contributed by atoms with E-state index < -0.39 is 11.7 Å². The maximum atomic E-state index is 5.01. The van der Waals surface area contributed by atoms with E-state index in [9.17, 15) is 0 Å². The van der Waals surface area contributed by atoms with Crippen molar-refractivity contribution >= 4 is 49.8 Å². The standard InChI is InChI=1S/C2H.3BrH.Sn/c1-2;;;;/h1H;3*1H;/q;;;;+3/p-3. The zero-order valence-electron chi connectivity index (χ0n) is 2.71. The van der Waals surface area contributed by atoms with Crippen LogP contribution in [-0.2, 0) is 0 Å². The van der Waals surface area contributed by atoms with E-state index in [0.717, 1.165) is 0 Å². The molecule has 0 rings (SSSR count). The zero-order chi connectivity index (χ0) is 5.21. The van der Waals surface area contributed by atoms with Crippen molar-refractivity contribution in [1.29, 1.82) is 0 Å². The van der Waals surface area contributed by atoms with Crippen LogP contribution in [0.25, 0.3) is 0 Å². The van der Waals surface area contributed by atoms with Crippen LogP contribution in [0, 0.1) is 10.4 Å². The Morgan fingerprint density at radius 3 is 1.50 bits per heavy atom. The van der Waals surface area contributed by atoms with E-state index in [1.54, 1.807) is 0 Å². The van der Waals surface area contributed by atoms with Gasteiger partial charge in [-0.15, -0.1) is 0 Å². The van der Waals surface area contributed by atoms with Crippen molar-refractivity contribution in [3.63, 3.8) is 0 Å². The molecule has 0 aliphatic heterocycles. The van der Waals surface area contributed by atoms with Crippen LogP contribution in [0.3, 0.4) is 0 Å². The van der Waals surface area contributed by atoms with Crippen molar-refractivity contribution in [1.82, 2.24) is 0 Å². The summed E-state index contributed by atoms with van der Waals surface area (Å²) in [7, 11) is 0. The third kappa shape index (κ3) is 5.80. The van der Waals surface area contributed by atoms with E-state index in [1.807, 2.05) is 0 Å². The predicted molar refractivity (Wildman–Crippen MR) is 41.4 cm³/mol. The molecule has 0 spiro atoms. The summed E-state index contributed by atoms with van der Waals surface area (Å²) in [5.74, 6) is 0. The molecular formula is C2HBr3Sn. The van der Waals surface area contributed by atoms with Crippen LogP contribution in [0.5, 0.6) is 0 Å². The number of hydrogen-bond donors (Lipinski definition) is 0. The van der Waals surface area contributed by atoms with Crippen LogP contribution >= 0.6 is 38.1 Å². The van der Waals surface area contributed by atoms with Crippen molar-refractivity contribution in [2.75, 3.05) is 0 Å². The van der Waals surface area contributed by atoms with Gasteiger partial charge in [0.1, 0.15) is 0 Å². The Bertz CT molecular complexity index is 75.8. The van der Waals surface area contributed by atoms with Crippen LogP contribution in [0.1, 0.15) is 0 Å². The molecule has 0 aromatic carbocycles. The van der Waals surface area contributed by atoms with Gasteiger partial charge in [-0.3, -0.25) is 0 Å². The number of halogens is 3. The van der Waals surface area contributed by atoms with Gasteiger partial charge in [0.15, 0.2) is 0 Å². The summed E-state index contributed by atoms with van der Waals surface area (Å²) in [6.07, 6.45) is 5.01. The molecule has 0 fully saturated rings. The van der Waals surface area contributed by atoms with E-state index in [0.29, 0.717) is 0 Å². The Kier molecular flexibility index (Phi) is 3.84.